The summed E-state index contributed by atoms with van der Waals surface area (Å²) >= 11 is 5.75. The van der Waals surface area contributed by atoms with Crippen molar-refractivity contribution < 1.29 is 9.72 Å². The predicted molar refractivity (Wildman–Crippen MR) is 79.8 cm³/mol. The molecule has 0 spiro atoms. The lowest BCUT2D eigenvalue weighted by Crippen LogP contribution is -2.15. The van der Waals surface area contributed by atoms with Crippen LogP contribution < -0.4 is 5.32 Å². The number of hydrogen-bond donors (Lipinski definition) is 1. The summed E-state index contributed by atoms with van der Waals surface area (Å²) in [6.07, 6.45) is 0. The second kappa shape index (κ2) is 5.88. The van der Waals surface area contributed by atoms with Crippen molar-refractivity contribution in [2.75, 3.05) is 5.32 Å². The summed E-state index contributed by atoms with van der Waals surface area (Å²) < 4.78 is 0. The van der Waals surface area contributed by atoms with Gasteiger partial charge in [0.15, 0.2) is 0 Å². The molecule has 1 N–H and O–H groups in total. The van der Waals surface area contributed by atoms with E-state index in [1.807, 2.05) is 0 Å². The van der Waals surface area contributed by atoms with Crippen LogP contribution in [0.25, 0.3) is 0 Å². The van der Waals surface area contributed by atoms with Crippen molar-refractivity contribution in [1.82, 2.24) is 4.98 Å². The molecule has 0 aliphatic rings. The second-order valence-electron chi connectivity index (χ2n) is 4.43. The van der Waals surface area contributed by atoms with Gasteiger partial charge >= 0.3 is 0 Å². The number of carbonyl (C=O) groups is 1. The Morgan fingerprint density at radius 2 is 2.00 bits per heavy atom. The number of nitrogens with one attached hydrogen (secondary N) is 1. The first-order valence-corrected chi connectivity index (χ1v) is 6.46. The Morgan fingerprint density at radius 1 is 1.29 bits per heavy atom. The van der Waals surface area contributed by atoms with E-state index >= 15 is 0 Å². The van der Waals surface area contributed by atoms with Gasteiger partial charge < -0.3 is 5.32 Å². The van der Waals surface area contributed by atoms with Gasteiger partial charge in [0.2, 0.25) is 0 Å². The van der Waals surface area contributed by atoms with Crippen molar-refractivity contribution >= 4 is 28.9 Å². The minimum Gasteiger partial charge on any atom is -0.320 e. The first-order chi connectivity index (χ1) is 9.90. The van der Waals surface area contributed by atoms with Crippen LogP contribution in [0, 0.1) is 24.0 Å². The van der Waals surface area contributed by atoms with Crippen LogP contribution in [0.1, 0.15) is 21.6 Å². The van der Waals surface area contributed by atoms with Crippen LogP contribution in [0.4, 0.5) is 11.4 Å². The third-order valence-corrected chi connectivity index (χ3v) is 3.26. The highest BCUT2D eigenvalue weighted by Crippen LogP contribution is 2.23. The van der Waals surface area contributed by atoms with Gasteiger partial charge in [-0.3, -0.25) is 14.9 Å². The maximum atomic E-state index is 12.3. The summed E-state index contributed by atoms with van der Waals surface area (Å²) in [5.41, 5.74) is 1.56. The number of pyridine rings is 1. The van der Waals surface area contributed by atoms with Crippen LogP contribution in [0.15, 0.2) is 30.3 Å². The first kappa shape index (κ1) is 14.9. The molecule has 1 heterocycles. The lowest BCUT2D eigenvalue weighted by molar-refractivity contribution is -0.385. The van der Waals surface area contributed by atoms with Gasteiger partial charge in [-0.1, -0.05) is 17.7 Å². The summed E-state index contributed by atoms with van der Waals surface area (Å²) in [6, 6.07) is 7.57. The molecular formula is C14H12ClN3O3. The summed E-state index contributed by atoms with van der Waals surface area (Å²) in [6.45, 7) is 3.25. The number of halogens is 1. The van der Waals surface area contributed by atoms with Gasteiger partial charge in [-0.25, -0.2) is 4.98 Å². The van der Waals surface area contributed by atoms with Gasteiger partial charge in [0, 0.05) is 17.2 Å². The van der Waals surface area contributed by atoms with Gasteiger partial charge in [-0.15, -0.1) is 0 Å². The Kier molecular flexibility index (Phi) is 4.18. The molecule has 21 heavy (non-hydrogen) atoms. The number of nitro groups is 1. The number of carbonyl (C=O) groups excluding carboxylic acids is 1. The Labute approximate surface area is 125 Å². The van der Waals surface area contributed by atoms with E-state index in [-0.39, 0.29) is 11.3 Å². The molecule has 0 radical (unpaired) electrons. The number of aromatic nitrogens is 1. The third-order valence-electron chi connectivity index (χ3n) is 3.05. The average Bonchev–Trinajstić information content (AvgIpc) is 2.41. The highest BCUT2D eigenvalue weighted by atomic mass is 35.5. The summed E-state index contributed by atoms with van der Waals surface area (Å²) in [7, 11) is 0. The molecule has 6 nitrogen and oxygen atoms in total. The summed E-state index contributed by atoms with van der Waals surface area (Å²) in [5.74, 6) is -0.427. The van der Waals surface area contributed by atoms with E-state index in [1.165, 1.54) is 18.2 Å². The zero-order valence-corrected chi connectivity index (χ0v) is 12.1. The SMILES string of the molecule is Cc1nc(Cl)ccc1NC(=O)c1cccc([N+](=O)[O-])c1C. The van der Waals surface area contributed by atoms with Crippen LogP contribution in [-0.2, 0) is 0 Å². The lowest BCUT2D eigenvalue weighted by Gasteiger charge is -2.09. The zero-order chi connectivity index (χ0) is 15.6. The molecule has 2 aromatic rings. The Balaban J connectivity index is 2.33. The highest BCUT2D eigenvalue weighted by molar-refractivity contribution is 6.29. The monoisotopic (exact) mass is 305 g/mol. The van der Waals surface area contributed by atoms with E-state index in [1.54, 1.807) is 26.0 Å². The second-order valence-corrected chi connectivity index (χ2v) is 4.82. The van der Waals surface area contributed by atoms with E-state index < -0.39 is 10.8 Å². The van der Waals surface area contributed by atoms with Crippen LogP contribution in [0.5, 0.6) is 0 Å². The number of nitro benzene ring substituents is 1. The number of benzene rings is 1. The zero-order valence-electron chi connectivity index (χ0n) is 11.4. The van der Waals surface area contributed by atoms with Crippen molar-refractivity contribution in [2.45, 2.75) is 13.8 Å². The molecule has 1 aromatic heterocycles. The minimum absolute atomic E-state index is 0.0893. The molecule has 0 fully saturated rings. The van der Waals surface area contributed by atoms with Gasteiger partial charge in [-0.05, 0) is 32.0 Å². The summed E-state index contributed by atoms with van der Waals surface area (Å²) in [4.78, 5) is 26.7. The molecule has 0 bridgehead atoms. The van der Waals surface area contributed by atoms with E-state index in [2.05, 4.69) is 10.3 Å². The number of aryl methyl sites for hydroxylation is 1. The molecule has 2 rings (SSSR count). The van der Waals surface area contributed by atoms with E-state index in [0.717, 1.165) is 0 Å². The highest BCUT2D eigenvalue weighted by Gasteiger charge is 2.18. The summed E-state index contributed by atoms with van der Waals surface area (Å²) in [5, 5.41) is 13.9. The van der Waals surface area contributed by atoms with Crippen molar-refractivity contribution in [3.63, 3.8) is 0 Å². The quantitative estimate of drug-likeness (QED) is 0.534. The van der Waals surface area contributed by atoms with E-state index in [4.69, 9.17) is 11.6 Å². The fourth-order valence-electron chi connectivity index (χ4n) is 1.92. The number of nitrogens with zero attached hydrogens (tertiary/aromatic N) is 2. The maximum absolute atomic E-state index is 12.3. The fourth-order valence-corrected chi connectivity index (χ4v) is 2.11. The molecule has 1 aromatic carbocycles. The smallest absolute Gasteiger partial charge is 0.273 e. The van der Waals surface area contributed by atoms with Crippen LogP contribution in [0.2, 0.25) is 5.15 Å². The van der Waals surface area contributed by atoms with Gasteiger partial charge in [0.1, 0.15) is 5.15 Å². The van der Waals surface area contributed by atoms with E-state index in [0.29, 0.717) is 22.1 Å². The number of anilines is 1. The molecule has 0 saturated carbocycles. The molecular weight excluding hydrogens is 294 g/mol. The van der Waals surface area contributed by atoms with Gasteiger partial charge in [-0.2, -0.15) is 0 Å². The molecule has 1 amide bonds. The standard InChI is InChI=1S/C14H12ClN3O3/c1-8-10(4-3-5-12(8)18(20)21)14(19)17-11-6-7-13(15)16-9(11)2/h3-7H,1-2H3,(H,17,19). The molecule has 108 valence electrons. The Hall–Kier alpha value is -2.47. The average molecular weight is 306 g/mol. The fraction of sp³-hybridized carbons (Fsp3) is 0.143. The van der Waals surface area contributed by atoms with Crippen molar-refractivity contribution in [3.8, 4) is 0 Å². The van der Waals surface area contributed by atoms with E-state index in [9.17, 15) is 14.9 Å². The minimum atomic E-state index is -0.513. The van der Waals surface area contributed by atoms with Gasteiger partial charge in [0.05, 0.1) is 16.3 Å². The van der Waals surface area contributed by atoms with Gasteiger partial charge in [0.25, 0.3) is 11.6 Å². The largest absolute Gasteiger partial charge is 0.320 e. The Bertz CT molecular complexity index is 731. The Morgan fingerprint density at radius 3 is 2.62 bits per heavy atom. The maximum Gasteiger partial charge on any atom is 0.273 e. The number of amides is 1. The molecule has 0 aliphatic carbocycles. The predicted octanol–water partition coefficient (Wildman–Crippen LogP) is 3.51. The first-order valence-electron chi connectivity index (χ1n) is 6.08. The topological polar surface area (TPSA) is 85.1 Å². The normalized spacial score (nSPS) is 10.2. The van der Waals surface area contributed by atoms with Crippen LogP contribution in [-0.4, -0.2) is 15.8 Å². The molecule has 0 unspecified atom stereocenters. The van der Waals surface area contributed by atoms with Crippen molar-refractivity contribution in [1.29, 1.82) is 0 Å². The van der Waals surface area contributed by atoms with Crippen molar-refractivity contribution in [3.05, 3.63) is 62.4 Å². The molecule has 0 atom stereocenters. The molecule has 0 saturated heterocycles. The molecule has 0 aliphatic heterocycles. The number of rotatable bonds is 3. The molecule has 7 heteroatoms. The lowest BCUT2D eigenvalue weighted by atomic mass is 10.1. The third kappa shape index (κ3) is 3.17. The van der Waals surface area contributed by atoms with Crippen LogP contribution in [0.3, 0.4) is 0 Å². The van der Waals surface area contributed by atoms with Crippen molar-refractivity contribution in [2.24, 2.45) is 0 Å². The number of hydrogen-bond acceptors (Lipinski definition) is 4. The van der Waals surface area contributed by atoms with Crippen LogP contribution >= 0.6 is 11.6 Å².